The van der Waals surface area contributed by atoms with Crippen LogP contribution in [0.2, 0.25) is 0 Å². The zero-order valence-corrected chi connectivity index (χ0v) is 18.2. The molecule has 3 aromatic rings. The molecule has 0 spiro atoms. The molecule has 2 atom stereocenters. The van der Waals surface area contributed by atoms with Crippen molar-refractivity contribution in [2.45, 2.75) is 18.3 Å². The summed E-state index contributed by atoms with van der Waals surface area (Å²) >= 11 is 0. The third-order valence-electron chi connectivity index (χ3n) is 5.36. The highest BCUT2D eigenvalue weighted by atomic mass is 16.2. The largest absolute Gasteiger partial charge is 0.355 e. The molecule has 4 heteroatoms. The van der Waals surface area contributed by atoms with E-state index in [1.54, 1.807) is 0 Å². The van der Waals surface area contributed by atoms with E-state index in [0.717, 1.165) is 24.1 Å². The predicted molar refractivity (Wildman–Crippen MR) is 125 cm³/mol. The fraction of sp³-hybridized carbons (Fsp3) is 0.259. The Bertz CT molecular complexity index is 956. The Balaban J connectivity index is 1.99. The van der Waals surface area contributed by atoms with Gasteiger partial charge in [-0.3, -0.25) is 9.59 Å². The number of nitrogens with one attached hydrogen (secondary N) is 1. The number of carbonyl (C=O) groups excluding carboxylic acids is 2. The molecule has 0 saturated carbocycles. The molecule has 2 unspecified atom stereocenters. The fourth-order valence-electron chi connectivity index (χ4n) is 3.81. The van der Waals surface area contributed by atoms with Crippen molar-refractivity contribution in [3.05, 3.63) is 108 Å². The summed E-state index contributed by atoms with van der Waals surface area (Å²) in [6.07, 6.45) is 0.850. The minimum Gasteiger partial charge on any atom is -0.355 e. The van der Waals surface area contributed by atoms with Gasteiger partial charge in [0.2, 0.25) is 5.91 Å². The zero-order chi connectivity index (χ0) is 22.1. The highest BCUT2D eigenvalue weighted by Gasteiger charge is 2.36. The van der Waals surface area contributed by atoms with E-state index in [9.17, 15) is 9.59 Å². The Morgan fingerprint density at radius 1 is 0.742 bits per heavy atom. The number of Topliss-reactive ketones (excluding diaryl/α,β-unsaturated/α-hetero) is 1. The first-order valence-corrected chi connectivity index (χ1v) is 10.7. The van der Waals surface area contributed by atoms with E-state index in [4.69, 9.17) is 0 Å². The maximum absolute atomic E-state index is 13.7. The van der Waals surface area contributed by atoms with Crippen LogP contribution in [-0.4, -0.2) is 43.8 Å². The number of nitrogens with zero attached hydrogens (tertiary/aromatic N) is 1. The summed E-state index contributed by atoms with van der Waals surface area (Å²) < 4.78 is 0. The lowest BCUT2D eigenvalue weighted by atomic mass is 9.76. The summed E-state index contributed by atoms with van der Waals surface area (Å²) in [6, 6.07) is 28.5. The number of benzene rings is 3. The zero-order valence-electron chi connectivity index (χ0n) is 18.2. The maximum atomic E-state index is 13.7. The smallest absolute Gasteiger partial charge is 0.228 e. The molecule has 0 aliphatic carbocycles. The minimum absolute atomic E-state index is 0.0518. The topological polar surface area (TPSA) is 49.4 Å². The van der Waals surface area contributed by atoms with Crippen molar-refractivity contribution >= 4 is 11.7 Å². The first-order valence-electron chi connectivity index (χ1n) is 10.7. The van der Waals surface area contributed by atoms with Gasteiger partial charge in [0.05, 0.1) is 11.8 Å². The lowest BCUT2D eigenvalue weighted by Crippen LogP contribution is -2.36. The van der Waals surface area contributed by atoms with Gasteiger partial charge in [-0.15, -0.1) is 0 Å². The molecule has 1 amide bonds. The van der Waals surface area contributed by atoms with Crippen LogP contribution in [0, 0.1) is 0 Å². The summed E-state index contributed by atoms with van der Waals surface area (Å²) in [6.45, 7) is 1.46. The van der Waals surface area contributed by atoms with Gasteiger partial charge in [0, 0.05) is 12.1 Å². The van der Waals surface area contributed by atoms with Gasteiger partial charge in [0.25, 0.3) is 0 Å². The van der Waals surface area contributed by atoms with Gasteiger partial charge in [0.1, 0.15) is 0 Å². The third kappa shape index (κ3) is 6.12. The second kappa shape index (κ2) is 11.2. The molecule has 0 radical (unpaired) electrons. The first-order chi connectivity index (χ1) is 15.1. The molecule has 31 heavy (non-hydrogen) atoms. The standard InChI is InChI=1S/C27H30N2O2/c1-29(2)20-12-19-28-27(31)25(22-15-8-4-9-16-22)24(21-13-6-3-7-14-21)26(30)23-17-10-5-11-18-23/h3-11,13-18,24-25H,12,19-20H2,1-2H3,(H,28,31). The van der Waals surface area contributed by atoms with Gasteiger partial charge in [-0.2, -0.15) is 0 Å². The van der Waals surface area contributed by atoms with E-state index in [1.165, 1.54) is 0 Å². The Kier molecular flexibility index (Phi) is 8.13. The molecular weight excluding hydrogens is 384 g/mol. The quantitative estimate of drug-likeness (QED) is 0.392. The van der Waals surface area contributed by atoms with Gasteiger partial charge < -0.3 is 10.2 Å². The van der Waals surface area contributed by atoms with Crippen molar-refractivity contribution in [1.82, 2.24) is 10.2 Å². The SMILES string of the molecule is CN(C)CCCNC(=O)C(c1ccccc1)C(C(=O)c1ccccc1)c1ccccc1. The van der Waals surface area contributed by atoms with Crippen LogP contribution >= 0.6 is 0 Å². The predicted octanol–water partition coefficient (Wildman–Crippen LogP) is 4.50. The highest BCUT2D eigenvalue weighted by molar-refractivity contribution is 6.05. The number of rotatable bonds is 10. The Hall–Kier alpha value is -3.24. The van der Waals surface area contributed by atoms with Crippen molar-refractivity contribution in [2.75, 3.05) is 27.2 Å². The average Bonchev–Trinajstić information content (AvgIpc) is 2.81. The van der Waals surface area contributed by atoms with E-state index >= 15 is 0 Å². The monoisotopic (exact) mass is 414 g/mol. The Morgan fingerprint density at radius 2 is 1.23 bits per heavy atom. The molecule has 1 N–H and O–H groups in total. The third-order valence-corrected chi connectivity index (χ3v) is 5.36. The van der Waals surface area contributed by atoms with E-state index in [1.807, 2.05) is 105 Å². The molecule has 0 aliphatic heterocycles. The number of carbonyl (C=O) groups is 2. The molecule has 0 aromatic heterocycles. The number of hydrogen-bond donors (Lipinski definition) is 1. The van der Waals surface area contributed by atoms with Crippen molar-refractivity contribution in [3.8, 4) is 0 Å². The molecule has 3 aromatic carbocycles. The molecule has 3 rings (SSSR count). The van der Waals surface area contributed by atoms with Gasteiger partial charge in [0.15, 0.2) is 5.78 Å². The minimum atomic E-state index is -0.615. The second-order valence-electron chi connectivity index (χ2n) is 7.95. The lowest BCUT2D eigenvalue weighted by molar-refractivity contribution is -0.122. The van der Waals surface area contributed by atoms with Crippen LogP contribution in [0.5, 0.6) is 0 Å². The molecule has 4 nitrogen and oxygen atoms in total. The van der Waals surface area contributed by atoms with Crippen LogP contribution in [0.15, 0.2) is 91.0 Å². The van der Waals surface area contributed by atoms with Crippen LogP contribution in [0.3, 0.4) is 0 Å². The highest BCUT2D eigenvalue weighted by Crippen LogP contribution is 2.36. The van der Waals surface area contributed by atoms with Crippen molar-refractivity contribution in [1.29, 1.82) is 0 Å². The Morgan fingerprint density at radius 3 is 1.74 bits per heavy atom. The van der Waals surface area contributed by atoms with Crippen LogP contribution < -0.4 is 5.32 Å². The second-order valence-corrected chi connectivity index (χ2v) is 7.95. The van der Waals surface area contributed by atoms with Gasteiger partial charge >= 0.3 is 0 Å². The first kappa shape index (κ1) is 22.4. The molecule has 160 valence electrons. The maximum Gasteiger partial charge on any atom is 0.228 e. The summed E-state index contributed by atoms with van der Waals surface area (Å²) in [7, 11) is 4.02. The summed E-state index contributed by atoms with van der Waals surface area (Å²) in [5.74, 6) is -1.40. The molecule has 0 heterocycles. The van der Waals surface area contributed by atoms with Gasteiger partial charge in [-0.25, -0.2) is 0 Å². The fourth-order valence-corrected chi connectivity index (χ4v) is 3.81. The number of hydrogen-bond acceptors (Lipinski definition) is 3. The van der Waals surface area contributed by atoms with Crippen molar-refractivity contribution in [3.63, 3.8) is 0 Å². The molecule has 0 bridgehead atoms. The number of amides is 1. The van der Waals surface area contributed by atoms with Gasteiger partial charge in [-0.05, 0) is 38.2 Å². The van der Waals surface area contributed by atoms with E-state index in [0.29, 0.717) is 12.1 Å². The van der Waals surface area contributed by atoms with E-state index in [-0.39, 0.29) is 11.7 Å². The summed E-state index contributed by atoms with van der Waals surface area (Å²) in [5, 5.41) is 3.08. The molecule has 0 fully saturated rings. The normalized spacial score (nSPS) is 12.9. The van der Waals surface area contributed by atoms with Crippen LogP contribution in [0.4, 0.5) is 0 Å². The van der Waals surface area contributed by atoms with Crippen LogP contribution in [-0.2, 0) is 4.79 Å². The van der Waals surface area contributed by atoms with E-state index < -0.39 is 11.8 Å². The molecular formula is C27H30N2O2. The van der Waals surface area contributed by atoms with E-state index in [2.05, 4.69) is 10.2 Å². The summed E-state index contributed by atoms with van der Waals surface area (Å²) in [5.41, 5.74) is 2.29. The summed E-state index contributed by atoms with van der Waals surface area (Å²) in [4.78, 5) is 29.2. The van der Waals surface area contributed by atoms with Gasteiger partial charge in [-0.1, -0.05) is 91.0 Å². The Labute approximate surface area is 184 Å². The average molecular weight is 415 g/mol. The number of ketones is 1. The van der Waals surface area contributed by atoms with Crippen LogP contribution in [0.1, 0.15) is 39.7 Å². The molecule has 0 saturated heterocycles. The van der Waals surface area contributed by atoms with Crippen molar-refractivity contribution < 1.29 is 9.59 Å². The lowest BCUT2D eigenvalue weighted by Gasteiger charge is -2.27. The van der Waals surface area contributed by atoms with Crippen molar-refractivity contribution in [2.24, 2.45) is 0 Å². The molecule has 0 aliphatic rings. The van der Waals surface area contributed by atoms with Crippen LogP contribution in [0.25, 0.3) is 0 Å².